The maximum absolute atomic E-state index is 5.38. The van der Waals surface area contributed by atoms with Crippen LogP contribution in [0.15, 0.2) is 12.3 Å². The summed E-state index contributed by atoms with van der Waals surface area (Å²) in [5, 5.41) is 7.70. The number of rotatable bonds is 8. The Bertz CT molecular complexity index is 382. The van der Waals surface area contributed by atoms with Crippen molar-refractivity contribution in [2.75, 3.05) is 20.2 Å². The summed E-state index contributed by atoms with van der Waals surface area (Å²) in [5.41, 5.74) is 2.34. The highest BCUT2D eigenvalue weighted by atomic mass is 16.5. The molecule has 0 unspecified atom stereocenters. The number of aryl methyl sites for hydroxylation is 1. The largest absolute Gasteiger partial charge is 0.493 e. The first-order valence-corrected chi connectivity index (χ1v) is 6.72. The van der Waals surface area contributed by atoms with Crippen molar-refractivity contribution in [3.63, 3.8) is 0 Å². The highest BCUT2D eigenvalue weighted by Gasteiger charge is 2.12. The number of aromatic nitrogens is 2. The molecule has 0 spiro atoms. The molecule has 1 aromatic heterocycles. The minimum atomic E-state index is 0.862. The van der Waals surface area contributed by atoms with Gasteiger partial charge in [-0.1, -0.05) is 19.9 Å². The predicted molar refractivity (Wildman–Crippen MR) is 75.9 cm³/mol. The second-order valence-electron chi connectivity index (χ2n) is 4.31. The fourth-order valence-electron chi connectivity index (χ4n) is 1.96. The van der Waals surface area contributed by atoms with E-state index in [0.717, 1.165) is 43.9 Å². The van der Waals surface area contributed by atoms with Gasteiger partial charge >= 0.3 is 0 Å². The van der Waals surface area contributed by atoms with Crippen LogP contribution in [0.3, 0.4) is 0 Å². The number of nitrogens with zero attached hydrogens (tertiary/aromatic N) is 2. The molecule has 1 rings (SSSR count). The lowest BCUT2D eigenvalue weighted by Gasteiger charge is -2.09. The van der Waals surface area contributed by atoms with Crippen LogP contribution in [0.25, 0.3) is 5.57 Å². The highest BCUT2D eigenvalue weighted by Crippen LogP contribution is 2.25. The number of allylic oxidation sites excluding steroid dienone is 1. The Hall–Kier alpha value is -1.29. The molecule has 1 aromatic rings. The quantitative estimate of drug-likeness (QED) is 0.722. The van der Waals surface area contributed by atoms with Gasteiger partial charge in [-0.3, -0.25) is 4.68 Å². The summed E-state index contributed by atoms with van der Waals surface area (Å²) in [6.07, 6.45) is 6.14. The van der Waals surface area contributed by atoms with Gasteiger partial charge in [0.05, 0.1) is 13.3 Å². The zero-order valence-electron chi connectivity index (χ0n) is 12.0. The third-order valence-corrected chi connectivity index (χ3v) is 2.86. The van der Waals surface area contributed by atoms with Crippen LogP contribution >= 0.6 is 0 Å². The van der Waals surface area contributed by atoms with Crippen molar-refractivity contribution in [3.05, 3.63) is 18.0 Å². The van der Waals surface area contributed by atoms with E-state index < -0.39 is 0 Å². The summed E-state index contributed by atoms with van der Waals surface area (Å²) < 4.78 is 7.41. The van der Waals surface area contributed by atoms with E-state index in [1.807, 2.05) is 4.68 Å². The van der Waals surface area contributed by atoms with Crippen LogP contribution in [0.5, 0.6) is 5.75 Å². The number of nitrogens with one attached hydrogen (secondary N) is 1. The minimum Gasteiger partial charge on any atom is -0.493 e. The van der Waals surface area contributed by atoms with Crippen LogP contribution in [0, 0.1) is 0 Å². The maximum Gasteiger partial charge on any atom is 0.164 e. The van der Waals surface area contributed by atoms with Crippen molar-refractivity contribution >= 4 is 5.57 Å². The zero-order valence-corrected chi connectivity index (χ0v) is 12.0. The number of methoxy groups -OCH3 is 1. The summed E-state index contributed by atoms with van der Waals surface area (Å²) >= 11 is 0. The summed E-state index contributed by atoms with van der Waals surface area (Å²) in [7, 11) is 1.70. The third-order valence-electron chi connectivity index (χ3n) is 2.86. The predicted octanol–water partition coefficient (Wildman–Crippen LogP) is 2.70. The van der Waals surface area contributed by atoms with Gasteiger partial charge in [0.25, 0.3) is 0 Å². The zero-order chi connectivity index (χ0) is 13.4. The molecule has 0 saturated carbocycles. The average Bonchev–Trinajstić information content (AvgIpc) is 2.78. The van der Waals surface area contributed by atoms with Crippen LogP contribution in [0.1, 0.15) is 39.3 Å². The van der Waals surface area contributed by atoms with E-state index in [4.69, 9.17) is 4.74 Å². The topological polar surface area (TPSA) is 39.1 Å². The van der Waals surface area contributed by atoms with Crippen molar-refractivity contribution < 1.29 is 4.74 Å². The lowest BCUT2D eigenvalue weighted by molar-refractivity contribution is 0.412. The monoisotopic (exact) mass is 251 g/mol. The van der Waals surface area contributed by atoms with Crippen molar-refractivity contribution in [2.24, 2.45) is 0 Å². The Morgan fingerprint density at radius 3 is 2.89 bits per heavy atom. The van der Waals surface area contributed by atoms with Gasteiger partial charge in [0.2, 0.25) is 0 Å². The fourth-order valence-corrected chi connectivity index (χ4v) is 1.96. The van der Waals surface area contributed by atoms with E-state index in [-0.39, 0.29) is 0 Å². The molecule has 102 valence electrons. The molecule has 4 nitrogen and oxygen atoms in total. The molecule has 0 aliphatic rings. The summed E-state index contributed by atoms with van der Waals surface area (Å²) in [6, 6.07) is 0. The Kier molecular flexibility index (Phi) is 6.50. The number of ether oxygens (including phenoxy) is 1. The molecule has 0 amide bonds. The van der Waals surface area contributed by atoms with Gasteiger partial charge in [0.1, 0.15) is 5.69 Å². The van der Waals surface area contributed by atoms with Gasteiger partial charge in [0, 0.05) is 6.54 Å². The molecule has 0 radical (unpaired) electrons. The van der Waals surface area contributed by atoms with Crippen molar-refractivity contribution in [1.29, 1.82) is 0 Å². The molecule has 18 heavy (non-hydrogen) atoms. The smallest absolute Gasteiger partial charge is 0.164 e. The summed E-state index contributed by atoms with van der Waals surface area (Å²) in [6.45, 7) is 9.36. The van der Waals surface area contributed by atoms with Gasteiger partial charge < -0.3 is 10.1 Å². The fraction of sp³-hybridized carbons (Fsp3) is 0.643. The lowest BCUT2D eigenvalue weighted by Crippen LogP contribution is -2.13. The van der Waals surface area contributed by atoms with Gasteiger partial charge in [-0.25, -0.2) is 0 Å². The van der Waals surface area contributed by atoms with Crippen molar-refractivity contribution in [1.82, 2.24) is 15.1 Å². The van der Waals surface area contributed by atoms with Crippen LogP contribution in [0.4, 0.5) is 0 Å². The van der Waals surface area contributed by atoms with Gasteiger partial charge in [-0.05, 0) is 38.4 Å². The molecular weight excluding hydrogens is 226 g/mol. The first-order valence-electron chi connectivity index (χ1n) is 6.72. The van der Waals surface area contributed by atoms with Gasteiger partial charge in [-0.2, -0.15) is 5.10 Å². The Morgan fingerprint density at radius 1 is 1.50 bits per heavy atom. The first kappa shape index (κ1) is 14.8. The minimum absolute atomic E-state index is 0.862. The van der Waals surface area contributed by atoms with Crippen LogP contribution in [-0.4, -0.2) is 30.0 Å². The van der Waals surface area contributed by atoms with Crippen LogP contribution < -0.4 is 10.1 Å². The Labute approximate surface area is 110 Å². The van der Waals surface area contributed by atoms with Gasteiger partial charge in [-0.15, -0.1) is 0 Å². The molecule has 0 aliphatic heterocycles. The maximum atomic E-state index is 5.38. The van der Waals surface area contributed by atoms with Crippen LogP contribution in [-0.2, 0) is 6.54 Å². The number of hydrogen-bond acceptors (Lipinski definition) is 3. The van der Waals surface area contributed by atoms with E-state index in [1.165, 1.54) is 5.57 Å². The molecule has 0 fully saturated rings. The molecule has 0 bridgehead atoms. The second-order valence-corrected chi connectivity index (χ2v) is 4.31. The molecule has 1 N–H and O–H groups in total. The van der Waals surface area contributed by atoms with Gasteiger partial charge in [0.15, 0.2) is 5.75 Å². The van der Waals surface area contributed by atoms with E-state index in [2.05, 4.69) is 37.3 Å². The molecule has 4 heteroatoms. The molecule has 0 aliphatic carbocycles. The average molecular weight is 251 g/mol. The SMILES string of the molecule is CCCn1ncc(OC)c1C(C)=CCCNCC. The molecule has 0 atom stereocenters. The molecular formula is C14H25N3O. The normalized spacial score (nSPS) is 11.9. The van der Waals surface area contributed by atoms with E-state index >= 15 is 0 Å². The highest BCUT2D eigenvalue weighted by molar-refractivity contribution is 5.65. The van der Waals surface area contributed by atoms with Crippen LogP contribution in [0.2, 0.25) is 0 Å². The molecule has 0 aromatic carbocycles. The summed E-state index contributed by atoms with van der Waals surface area (Å²) in [5.74, 6) is 0.862. The van der Waals surface area contributed by atoms with Crippen molar-refractivity contribution in [2.45, 2.75) is 40.2 Å². The Morgan fingerprint density at radius 2 is 2.28 bits per heavy atom. The standard InChI is InChI=1S/C14H25N3O/c1-5-10-17-14(13(18-4)11-16-17)12(3)8-7-9-15-6-2/h8,11,15H,5-7,9-10H2,1-4H3. The van der Waals surface area contributed by atoms with E-state index in [1.54, 1.807) is 13.3 Å². The van der Waals surface area contributed by atoms with E-state index in [0.29, 0.717) is 0 Å². The van der Waals surface area contributed by atoms with E-state index in [9.17, 15) is 0 Å². The number of hydrogen-bond donors (Lipinski definition) is 1. The Balaban J connectivity index is 2.81. The molecule has 0 saturated heterocycles. The molecule has 1 heterocycles. The first-order chi connectivity index (χ1) is 8.74. The second kappa shape index (κ2) is 7.93. The van der Waals surface area contributed by atoms with Crippen molar-refractivity contribution in [3.8, 4) is 5.75 Å². The summed E-state index contributed by atoms with van der Waals surface area (Å²) in [4.78, 5) is 0. The lowest BCUT2D eigenvalue weighted by atomic mass is 10.1. The third kappa shape index (κ3) is 3.88.